The average Bonchev–Trinajstić information content (AvgIpc) is 3.13. The zero-order chi connectivity index (χ0) is 20.5. The molecule has 1 unspecified atom stereocenters. The third-order valence-corrected chi connectivity index (χ3v) is 5.76. The minimum absolute atomic E-state index is 0. The molecular formula is C21H39IN6O2. The first-order valence-electron chi connectivity index (χ1n) is 11.3. The van der Waals surface area contributed by atoms with E-state index >= 15 is 0 Å². The number of guanidine groups is 1. The third kappa shape index (κ3) is 7.05. The van der Waals surface area contributed by atoms with Crippen molar-refractivity contribution in [1.29, 1.82) is 0 Å². The van der Waals surface area contributed by atoms with Gasteiger partial charge in [0.15, 0.2) is 11.8 Å². The van der Waals surface area contributed by atoms with Crippen molar-refractivity contribution >= 4 is 29.9 Å². The number of nitrogens with zero attached hydrogens (tertiary/aromatic N) is 4. The summed E-state index contributed by atoms with van der Waals surface area (Å²) in [6.45, 7) is 7.92. The monoisotopic (exact) mass is 534 g/mol. The average molecular weight is 534 g/mol. The van der Waals surface area contributed by atoms with Gasteiger partial charge in [-0.15, -0.1) is 24.0 Å². The van der Waals surface area contributed by atoms with Crippen molar-refractivity contribution in [3.63, 3.8) is 0 Å². The predicted octanol–water partition coefficient (Wildman–Crippen LogP) is 3.04. The molecule has 2 N–H and O–H groups in total. The summed E-state index contributed by atoms with van der Waals surface area (Å²) in [5, 5.41) is 11.6. The van der Waals surface area contributed by atoms with E-state index in [2.05, 4.69) is 34.6 Å². The number of hydrogen-bond acceptors (Lipinski definition) is 5. The summed E-state index contributed by atoms with van der Waals surface area (Å²) in [7, 11) is 1.67. The number of aryl methyl sites for hydroxylation is 1. The number of methoxy groups -OCH3 is 1. The van der Waals surface area contributed by atoms with Gasteiger partial charge in [0.2, 0.25) is 0 Å². The lowest BCUT2D eigenvalue weighted by molar-refractivity contribution is -0.0624. The Morgan fingerprint density at radius 1 is 1.27 bits per heavy atom. The Hall–Kier alpha value is -0.940. The largest absolute Gasteiger partial charge is 0.377 e. The van der Waals surface area contributed by atoms with Crippen molar-refractivity contribution in [3.8, 4) is 0 Å². The first-order chi connectivity index (χ1) is 14.2. The van der Waals surface area contributed by atoms with Crippen molar-refractivity contribution < 1.29 is 9.47 Å². The molecule has 1 aliphatic heterocycles. The lowest BCUT2D eigenvalue weighted by Crippen LogP contribution is -2.48. The molecule has 2 heterocycles. The van der Waals surface area contributed by atoms with Gasteiger partial charge >= 0.3 is 0 Å². The lowest BCUT2D eigenvalue weighted by atomic mass is 9.84. The maximum absolute atomic E-state index is 6.31. The van der Waals surface area contributed by atoms with Gasteiger partial charge in [-0.2, -0.15) is 5.10 Å². The fraction of sp³-hybridized carbons (Fsp3) is 0.857. The molecule has 1 atom stereocenters. The molecule has 1 saturated carbocycles. The van der Waals surface area contributed by atoms with E-state index in [1.165, 1.54) is 19.3 Å². The van der Waals surface area contributed by atoms with Crippen LogP contribution in [0.2, 0.25) is 0 Å². The Labute approximate surface area is 198 Å². The normalized spacial score (nSPS) is 20.9. The molecule has 2 aliphatic rings. The first-order valence-corrected chi connectivity index (χ1v) is 11.3. The minimum Gasteiger partial charge on any atom is -0.377 e. The maximum atomic E-state index is 6.31. The van der Waals surface area contributed by atoms with E-state index in [9.17, 15) is 0 Å². The highest BCUT2D eigenvalue weighted by Gasteiger charge is 2.33. The summed E-state index contributed by atoms with van der Waals surface area (Å²) in [6.07, 6.45) is 9.01. The van der Waals surface area contributed by atoms with E-state index in [0.29, 0.717) is 6.61 Å². The van der Waals surface area contributed by atoms with Gasteiger partial charge in [-0.1, -0.05) is 26.2 Å². The van der Waals surface area contributed by atoms with Crippen molar-refractivity contribution in [2.75, 3.05) is 26.8 Å². The van der Waals surface area contributed by atoms with Crippen molar-refractivity contribution in [1.82, 2.24) is 25.4 Å². The van der Waals surface area contributed by atoms with Crippen LogP contribution in [0.25, 0.3) is 0 Å². The molecule has 0 amide bonds. The summed E-state index contributed by atoms with van der Waals surface area (Å²) < 4.78 is 13.5. The second-order valence-corrected chi connectivity index (χ2v) is 8.23. The van der Waals surface area contributed by atoms with E-state index < -0.39 is 0 Å². The third-order valence-electron chi connectivity index (χ3n) is 5.76. The Balaban J connectivity index is 0.00000320. The zero-order valence-corrected chi connectivity index (χ0v) is 21.1. The molecule has 0 radical (unpaired) electrons. The summed E-state index contributed by atoms with van der Waals surface area (Å²) in [6, 6.07) is 0.288. The van der Waals surface area contributed by atoms with Gasteiger partial charge in [0, 0.05) is 32.7 Å². The van der Waals surface area contributed by atoms with Crippen LogP contribution in [-0.2, 0) is 29.0 Å². The Morgan fingerprint density at radius 3 is 2.77 bits per heavy atom. The number of rotatable bonds is 9. The molecule has 1 aromatic rings. The fourth-order valence-electron chi connectivity index (χ4n) is 4.27. The van der Waals surface area contributed by atoms with Crippen LogP contribution in [0.1, 0.15) is 70.4 Å². The van der Waals surface area contributed by atoms with Crippen LogP contribution in [-0.4, -0.2) is 59.2 Å². The van der Waals surface area contributed by atoms with Crippen LogP contribution in [0.4, 0.5) is 0 Å². The number of hydrogen-bond donors (Lipinski definition) is 2. The molecule has 8 nitrogen and oxygen atoms in total. The lowest BCUT2D eigenvalue weighted by Gasteiger charge is -2.36. The minimum atomic E-state index is -0.0860. The Kier molecular flexibility index (Phi) is 10.8. The van der Waals surface area contributed by atoms with E-state index in [1.54, 1.807) is 7.11 Å². The van der Waals surface area contributed by atoms with Gasteiger partial charge in [-0.3, -0.25) is 4.99 Å². The maximum Gasteiger partial charge on any atom is 0.191 e. The summed E-state index contributed by atoms with van der Waals surface area (Å²) in [5.74, 6) is 2.69. The summed E-state index contributed by atoms with van der Waals surface area (Å²) in [5.41, 5.74) is -0.0860. The van der Waals surface area contributed by atoms with Crippen molar-refractivity contribution in [2.45, 2.75) is 90.0 Å². The number of halogens is 1. The van der Waals surface area contributed by atoms with E-state index in [4.69, 9.17) is 14.5 Å². The molecule has 0 aromatic carbocycles. The quantitative estimate of drug-likeness (QED) is 0.288. The highest BCUT2D eigenvalue weighted by molar-refractivity contribution is 14.0. The van der Waals surface area contributed by atoms with Crippen molar-refractivity contribution in [3.05, 3.63) is 11.6 Å². The molecule has 1 fully saturated rings. The fourth-order valence-corrected chi connectivity index (χ4v) is 4.27. The highest BCUT2D eigenvalue weighted by Crippen LogP contribution is 2.32. The molecular weight excluding hydrogens is 495 g/mol. The summed E-state index contributed by atoms with van der Waals surface area (Å²) in [4.78, 5) is 9.51. The van der Waals surface area contributed by atoms with Gasteiger partial charge in [0.1, 0.15) is 12.4 Å². The molecule has 172 valence electrons. The summed E-state index contributed by atoms with van der Waals surface area (Å²) >= 11 is 0. The Bertz CT molecular complexity index is 660. The molecule has 9 heteroatoms. The molecule has 0 bridgehead atoms. The van der Waals surface area contributed by atoms with Crippen LogP contribution in [0.5, 0.6) is 0 Å². The van der Waals surface area contributed by atoms with E-state index in [-0.39, 0.29) is 35.6 Å². The Morgan fingerprint density at radius 2 is 2.07 bits per heavy atom. The number of ether oxygens (including phenoxy) is 2. The topological polar surface area (TPSA) is 85.6 Å². The molecule has 1 aromatic heterocycles. The number of aromatic nitrogens is 3. The standard InChI is InChI=1S/C21H38N6O2.HI/c1-4-13-29-21(11-7-6-8-12-21)16-23-20(22-5-2)24-17-9-10-19-25-18(15-28-3)26-27(19)14-17;/h17H,4-16H2,1-3H3,(H2,22,23,24);1H. The van der Waals surface area contributed by atoms with Crippen molar-refractivity contribution in [2.24, 2.45) is 4.99 Å². The van der Waals surface area contributed by atoms with E-state index in [0.717, 1.165) is 76.0 Å². The molecule has 0 saturated heterocycles. The molecule has 1 aliphatic carbocycles. The van der Waals surface area contributed by atoms with Crippen LogP contribution >= 0.6 is 24.0 Å². The van der Waals surface area contributed by atoms with E-state index in [1.807, 2.05) is 4.68 Å². The molecule has 30 heavy (non-hydrogen) atoms. The zero-order valence-electron chi connectivity index (χ0n) is 18.8. The number of aliphatic imine (C=N–C) groups is 1. The van der Waals surface area contributed by atoms with Crippen LogP contribution in [0.15, 0.2) is 4.99 Å². The van der Waals surface area contributed by atoms with Crippen LogP contribution < -0.4 is 10.6 Å². The molecule has 3 rings (SSSR count). The number of nitrogens with one attached hydrogen (secondary N) is 2. The molecule has 0 spiro atoms. The van der Waals surface area contributed by atoms with Gasteiger partial charge < -0.3 is 20.1 Å². The van der Waals surface area contributed by atoms with Gasteiger partial charge in [0.05, 0.1) is 18.7 Å². The first kappa shape index (κ1) is 25.3. The second-order valence-electron chi connectivity index (χ2n) is 8.23. The van der Waals surface area contributed by atoms with Gasteiger partial charge in [0.25, 0.3) is 0 Å². The van der Waals surface area contributed by atoms with Crippen LogP contribution in [0.3, 0.4) is 0 Å². The van der Waals surface area contributed by atoms with Crippen LogP contribution in [0, 0.1) is 0 Å². The van der Waals surface area contributed by atoms with Gasteiger partial charge in [-0.05, 0) is 32.6 Å². The number of fused-ring (bicyclic) bond motifs is 1. The van der Waals surface area contributed by atoms with Gasteiger partial charge in [-0.25, -0.2) is 9.67 Å². The highest BCUT2D eigenvalue weighted by atomic mass is 127. The predicted molar refractivity (Wildman–Crippen MR) is 129 cm³/mol. The smallest absolute Gasteiger partial charge is 0.191 e. The second kappa shape index (κ2) is 12.8. The SMILES string of the molecule is CCCOC1(CN=C(NCC)NC2CCc3nc(COC)nn3C2)CCCCC1.I.